The first-order valence-corrected chi connectivity index (χ1v) is 15.2. The van der Waals surface area contributed by atoms with E-state index in [1.807, 2.05) is 18.2 Å². The molecule has 0 spiro atoms. The highest BCUT2D eigenvalue weighted by atomic mass is 35.5. The van der Waals surface area contributed by atoms with Crippen LogP contribution in [0.4, 0.5) is 0 Å². The number of rotatable bonds is 10. The smallest absolute Gasteiger partial charge is 0.0773 e. The fourth-order valence-electron chi connectivity index (χ4n) is 5.93. The number of nitrogens with one attached hydrogen (secondary N) is 1. The maximum absolute atomic E-state index is 6.21. The van der Waals surface area contributed by atoms with E-state index in [1.54, 1.807) is 0 Å². The fraction of sp³-hybridized carbons (Fsp3) is 0.250. The van der Waals surface area contributed by atoms with Gasteiger partial charge in [-0.05, 0) is 53.9 Å². The van der Waals surface area contributed by atoms with E-state index in [0.29, 0.717) is 0 Å². The van der Waals surface area contributed by atoms with Crippen LogP contribution in [0.2, 0.25) is 5.02 Å². The lowest BCUT2D eigenvalue weighted by Gasteiger charge is -2.39. The Kier molecular flexibility index (Phi) is 9.12. The minimum Gasteiger partial charge on any atom is -0.310 e. The zero-order valence-electron chi connectivity index (χ0n) is 24.2. The number of aromatic nitrogens is 2. The summed E-state index contributed by atoms with van der Waals surface area (Å²) in [4.78, 5) is 5.17. The van der Waals surface area contributed by atoms with Gasteiger partial charge in [0.2, 0.25) is 0 Å². The van der Waals surface area contributed by atoms with Crippen molar-refractivity contribution in [1.29, 1.82) is 0 Å². The van der Waals surface area contributed by atoms with E-state index in [-0.39, 0.29) is 6.04 Å². The first-order chi connectivity index (χ1) is 20.7. The maximum atomic E-state index is 6.21. The van der Waals surface area contributed by atoms with Gasteiger partial charge in [0.15, 0.2) is 0 Å². The molecule has 6 heteroatoms. The third-order valence-electron chi connectivity index (χ3n) is 8.17. The highest BCUT2D eigenvalue weighted by Crippen LogP contribution is 2.30. The van der Waals surface area contributed by atoms with Crippen LogP contribution in [-0.4, -0.2) is 58.8 Å². The normalized spacial score (nSPS) is 15.1. The number of hydrogen-bond donors (Lipinski definition) is 1. The summed E-state index contributed by atoms with van der Waals surface area (Å²) in [7, 11) is 0. The summed E-state index contributed by atoms with van der Waals surface area (Å²) in [5.74, 6) is 0. The van der Waals surface area contributed by atoms with Gasteiger partial charge in [-0.1, -0.05) is 96.5 Å². The number of nitrogens with zero attached hydrogens (tertiary/aromatic N) is 4. The molecule has 2 heterocycles. The zero-order valence-corrected chi connectivity index (χ0v) is 24.9. The Labute approximate surface area is 254 Å². The fourth-order valence-corrected chi connectivity index (χ4v) is 6.05. The highest BCUT2D eigenvalue weighted by molar-refractivity contribution is 6.30. The van der Waals surface area contributed by atoms with Crippen molar-refractivity contribution in [2.45, 2.75) is 19.5 Å². The molecule has 1 aliphatic heterocycles. The summed E-state index contributed by atoms with van der Waals surface area (Å²) < 4.78 is 2.07. The maximum Gasteiger partial charge on any atom is 0.0773 e. The number of piperazine rings is 1. The lowest BCUT2D eigenvalue weighted by Crippen LogP contribution is -2.49. The Morgan fingerprint density at radius 1 is 0.762 bits per heavy atom. The van der Waals surface area contributed by atoms with Crippen LogP contribution in [-0.2, 0) is 6.54 Å². The van der Waals surface area contributed by atoms with Crippen LogP contribution in [0.1, 0.15) is 28.4 Å². The molecule has 1 N–H and O–H groups in total. The van der Waals surface area contributed by atoms with Crippen molar-refractivity contribution in [3.05, 3.63) is 143 Å². The molecule has 42 heavy (non-hydrogen) atoms. The van der Waals surface area contributed by atoms with Crippen LogP contribution in [0.15, 0.2) is 115 Å². The summed E-state index contributed by atoms with van der Waals surface area (Å²) in [6, 6.07) is 40.5. The summed E-state index contributed by atoms with van der Waals surface area (Å²) in [6.45, 7) is 9.02. The van der Waals surface area contributed by atoms with Crippen molar-refractivity contribution in [2.24, 2.45) is 0 Å². The molecular formula is C36H38ClN5. The quantitative estimate of drug-likeness (QED) is 0.182. The van der Waals surface area contributed by atoms with Gasteiger partial charge in [0.25, 0.3) is 0 Å². The highest BCUT2D eigenvalue weighted by Gasteiger charge is 2.26. The molecule has 0 saturated carbocycles. The van der Waals surface area contributed by atoms with Crippen LogP contribution < -0.4 is 5.32 Å². The van der Waals surface area contributed by atoms with Crippen LogP contribution in [0.25, 0.3) is 16.9 Å². The molecule has 0 amide bonds. The number of aryl methyl sites for hydroxylation is 1. The average Bonchev–Trinajstić information content (AvgIpc) is 3.46. The number of para-hydroxylation sites is 1. The summed E-state index contributed by atoms with van der Waals surface area (Å²) in [6.07, 6.45) is 0. The van der Waals surface area contributed by atoms with Crippen molar-refractivity contribution < 1.29 is 0 Å². The van der Waals surface area contributed by atoms with Crippen molar-refractivity contribution in [3.8, 4) is 16.9 Å². The van der Waals surface area contributed by atoms with E-state index in [9.17, 15) is 0 Å². The van der Waals surface area contributed by atoms with Gasteiger partial charge in [0, 0.05) is 56.4 Å². The zero-order chi connectivity index (χ0) is 28.7. The van der Waals surface area contributed by atoms with E-state index < -0.39 is 0 Å². The van der Waals surface area contributed by atoms with Gasteiger partial charge in [-0.3, -0.25) is 9.80 Å². The number of halogens is 1. The minimum absolute atomic E-state index is 0.242. The molecule has 0 bridgehead atoms. The third kappa shape index (κ3) is 6.66. The largest absolute Gasteiger partial charge is 0.310 e. The molecule has 1 fully saturated rings. The Balaban J connectivity index is 1.06. The van der Waals surface area contributed by atoms with Gasteiger partial charge in [0.1, 0.15) is 0 Å². The van der Waals surface area contributed by atoms with Gasteiger partial charge in [0.05, 0.1) is 23.1 Å². The van der Waals surface area contributed by atoms with E-state index in [2.05, 4.69) is 124 Å². The second-order valence-electron chi connectivity index (χ2n) is 11.0. The second kappa shape index (κ2) is 13.5. The SMILES string of the molecule is Cc1ccccc1-c1cc(CNCCN2CCN(C(c3ccccc3)c3ccc(Cl)cc3)CC2)nn1-c1ccccc1. The van der Waals surface area contributed by atoms with Crippen LogP contribution in [0, 0.1) is 6.92 Å². The Morgan fingerprint density at radius 2 is 1.40 bits per heavy atom. The van der Waals surface area contributed by atoms with Crippen LogP contribution in [0.3, 0.4) is 0 Å². The van der Waals surface area contributed by atoms with E-state index in [0.717, 1.165) is 67.9 Å². The summed E-state index contributed by atoms with van der Waals surface area (Å²) in [5, 5.41) is 9.43. The molecule has 0 aliphatic carbocycles. The van der Waals surface area contributed by atoms with Gasteiger partial charge in [-0.2, -0.15) is 5.10 Å². The summed E-state index contributed by atoms with van der Waals surface area (Å²) in [5.41, 5.74) is 8.34. The molecule has 0 radical (unpaired) electrons. The Morgan fingerprint density at radius 3 is 2.12 bits per heavy atom. The molecule has 5 nitrogen and oxygen atoms in total. The first-order valence-electron chi connectivity index (χ1n) is 14.8. The lowest BCUT2D eigenvalue weighted by molar-refractivity contribution is 0.110. The second-order valence-corrected chi connectivity index (χ2v) is 11.4. The molecule has 1 atom stereocenters. The molecule has 1 aromatic heterocycles. The van der Waals surface area contributed by atoms with E-state index >= 15 is 0 Å². The topological polar surface area (TPSA) is 36.3 Å². The van der Waals surface area contributed by atoms with Crippen LogP contribution in [0.5, 0.6) is 0 Å². The Hall–Kier alpha value is -3.74. The molecule has 6 rings (SSSR count). The van der Waals surface area contributed by atoms with Gasteiger partial charge < -0.3 is 5.32 Å². The monoisotopic (exact) mass is 575 g/mol. The molecule has 4 aromatic carbocycles. The molecule has 5 aromatic rings. The Bertz CT molecular complexity index is 1560. The molecule has 214 valence electrons. The van der Waals surface area contributed by atoms with Crippen molar-refractivity contribution >= 4 is 11.6 Å². The van der Waals surface area contributed by atoms with Crippen molar-refractivity contribution in [2.75, 3.05) is 39.3 Å². The number of benzene rings is 4. The van der Waals surface area contributed by atoms with Gasteiger partial charge in [-0.25, -0.2) is 4.68 Å². The first kappa shape index (κ1) is 28.4. The van der Waals surface area contributed by atoms with Crippen molar-refractivity contribution in [1.82, 2.24) is 24.9 Å². The lowest BCUT2D eigenvalue weighted by atomic mass is 9.96. The third-order valence-corrected chi connectivity index (χ3v) is 8.42. The van der Waals surface area contributed by atoms with E-state index in [4.69, 9.17) is 16.7 Å². The predicted molar refractivity (Wildman–Crippen MR) is 173 cm³/mol. The van der Waals surface area contributed by atoms with Gasteiger partial charge >= 0.3 is 0 Å². The van der Waals surface area contributed by atoms with E-state index in [1.165, 1.54) is 22.3 Å². The van der Waals surface area contributed by atoms with Crippen molar-refractivity contribution in [3.63, 3.8) is 0 Å². The molecule has 1 aliphatic rings. The van der Waals surface area contributed by atoms with Crippen LogP contribution >= 0.6 is 11.6 Å². The molecule has 1 unspecified atom stereocenters. The standard InChI is InChI=1S/C36H38ClN5/c1-28-10-8-9-15-34(28)35-26-32(39-42(35)33-13-6-3-7-14-33)27-38-20-21-40-22-24-41(25-23-40)36(29-11-4-2-5-12-29)30-16-18-31(37)19-17-30/h2-19,26,36,38H,20-25,27H2,1H3. The average molecular weight is 576 g/mol. The van der Waals surface area contributed by atoms with Gasteiger partial charge in [-0.15, -0.1) is 0 Å². The summed E-state index contributed by atoms with van der Waals surface area (Å²) >= 11 is 6.21. The minimum atomic E-state index is 0.242. The number of hydrogen-bond acceptors (Lipinski definition) is 4. The molecule has 1 saturated heterocycles. The predicted octanol–water partition coefficient (Wildman–Crippen LogP) is 7.00. The molecular weight excluding hydrogens is 538 g/mol.